The highest BCUT2D eigenvalue weighted by molar-refractivity contribution is 6.46. The maximum absolute atomic E-state index is 13.3. The van der Waals surface area contributed by atoms with Gasteiger partial charge in [0.15, 0.2) is 11.5 Å². The summed E-state index contributed by atoms with van der Waals surface area (Å²) in [4.78, 5) is 30.1. The van der Waals surface area contributed by atoms with Crippen molar-refractivity contribution < 1.29 is 28.9 Å². The van der Waals surface area contributed by atoms with Crippen LogP contribution in [0.2, 0.25) is 0 Å². The number of hydrogen-bond donors (Lipinski definition) is 1. The first-order valence-electron chi connectivity index (χ1n) is 13.2. The van der Waals surface area contributed by atoms with Gasteiger partial charge in [-0.25, -0.2) is 0 Å². The van der Waals surface area contributed by atoms with E-state index in [9.17, 15) is 14.7 Å². The molecular weight excluding hydrogens is 508 g/mol. The van der Waals surface area contributed by atoms with Crippen LogP contribution in [-0.4, -0.2) is 68.0 Å². The number of methoxy groups -OCH3 is 2. The van der Waals surface area contributed by atoms with E-state index in [1.165, 1.54) is 12.0 Å². The van der Waals surface area contributed by atoms with E-state index in [2.05, 4.69) is 6.07 Å². The molecule has 3 aromatic rings. The molecule has 1 fully saturated rings. The van der Waals surface area contributed by atoms with Crippen LogP contribution in [0.15, 0.2) is 72.3 Å². The van der Waals surface area contributed by atoms with Gasteiger partial charge >= 0.3 is 0 Å². The summed E-state index contributed by atoms with van der Waals surface area (Å²) in [6, 6.07) is 19.4. The largest absolute Gasteiger partial charge is 0.507 e. The van der Waals surface area contributed by atoms with Crippen LogP contribution in [0.5, 0.6) is 17.2 Å². The minimum atomic E-state index is -0.779. The van der Waals surface area contributed by atoms with Crippen molar-refractivity contribution in [3.05, 3.63) is 94.6 Å². The second-order valence-electron chi connectivity index (χ2n) is 10.1. The number of hydrogen-bond acceptors (Lipinski definition) is 7. The van der Waals surface area contributed by atoms with E-state index in [4.69, 9.17) is 14.2 Å². The quantitative estimate of drug-likeness (QED) is 0.207. The molecule has 0 aliphatic carbocycles. The number of benzene rings is 3. The summed E-state index contributed by atoms with van der Waals surface area (Å²) < 4.78 is 16.8. The highest BCUT2D eigenvalue weighted by Gasteiger charge is 2.46. The lowest BCUT2D eigenvalue weighted by Gasteiger charge is -2.26. The fourth-order valence-electron chi connectivity index (χ4n) is 4.87. The molecule has 1 saturated heterocycles. The summed E-state index contributed by atoms with van der Waals surface area (Å²) in [5.41, 5.74) is 3.30. The van der Waals surface area contributed by atoms with Crippen LogP contribution in [-0.2, 0) is 16.2 Å². The van der Waals surface area contributed by atoms with E-state index in [1.807, 2.05) is 44.1 Å². The highest BCUT2D eigenvalue weighted by Crippen LogP contribution is 2.42. The summed E-state index contributed by atoms with van der Waals surface area (Å²) in [7, 11) is 6.97. The number of nitrogens with zero attached hydrogens (tertiary/aromatic N) is 2. The van der Waals surface area contributed by atoms with Gasteiger partial charge in [-0.05, 0) is 81.5 Å². The molecule has 1 atom stereocenters. The molecule has 8 heteroatoms. The maximum Gasteiger partial charge on any atom is 0.295 e. The molecule has 8 nitrogen and oxygen atoms in total. The zero-order valence-electron chi connectivity index (χ0n) is 23.6. The molecule has 0 aromatic heterocycles. The van der Waals surface area contributed by atoms with Crippen LogP contribution in [0, 0.1) is 6.92 Å². The topological polar surface area (TPSA) is 88.5 Å². The van der Waals surface area contributed by atoms with Crippen molar-refractivity contribution in [2.45, 2.75) is 26.0 Å². The van der Waals surface area contributed by atoms with Crippen molar-refractivity contribution in [3.63, 3.8) is 0 Å². The Morgan fingerprint density at radius 2 is 1.68 bits per heavy atom. The van der Waals surface area contributed by atoms with E-state index in [-0.39, 0.29) is 11.3 Å². The van der Waals surface area contributed by atoms with Crippen LogP contribution in [0.3, 0.4) is 0 Å². The lowest BCUT2D eigenvalue weighted by Crippen LogP contribution is -2.32. The third-order valence-corrected chi connectivity index (χ3v) is 6.88. The predicted octanol–water partition coefficient (Wildman–Crippen LogP) is 4.96. The van der Waals surface area contributed by atoms with Gasteiger partial charge in [0.25, 0.3) is 11.7 Å². The summed E-state index contributed by atoms with van der Waals surface area (Å²) >= 11 is 0. The molecule has 0 bridgehead atoms. The molecule has 0 saturated carbocycles. The zero-order chi connectivity index (χ0) is 28.8. The van der Waals surface area contributed by atoms with Gasteiger partial charge in [-0.2, -0.15) is 0 Å². The number of ether oxygens (including phenoxy) is 3. The Kier molecular flexibility index (Phi) is 9.11. The summed E-state index contributed by atoms with van der Waals surface area (Å²) in [5.74, 6) is 0.0169. The minimum Gasteiger partial charge on any atom is -0.507 e. The number of ketones is 1. The third kappa shape index (κ3) is 6.29. The fourth-order valence-corrected chi connectivity index (χ4v) is 4.87. The zero-order valence-corrected chi connectivity index (χ0v) is 23.6. The smallest absolute Gasteiger partial charge is 0.295 e. The molecule has 1 N–H and O–H groups in total. The number of carbonyl (C=O) groups excluding carboxylic acids is 2. The van der Waals surface area contributed by atoms with Crippen molar-refractivity contribution in [1.29, 1.82) is 0 Å². The average molecular weight is 545 g/mol. The number of likely N-dealkylation sites (tertiary alicyclic amines) is 1. The van der Waals surface area contributed by atoms with Gasteiger partial charge in [0.2, 0.25) is 0 Å². The molecular formula is C32H36N2O6. The maximum atomic E-state index is 13.3. The van der Waals surface area contributed by atoms with Crippen LogP contribution in [0.4, 0.5) is 0 Å². The molecule has 1 aliphatic rings. The second-order valence-corrected chi connectivity index (χ2v) is 10.1. The van der Waals surface area contributed by atoms with Gasteiger partial charge in [0, 0.05) is 12.1 Å². The van der Waals surface area contributed by atoms with Gasteiger partial charge in [0.1, 0.15) is 18.1 Å². The molecule has 0 radical (unpaired) electrons. The third-order valence-electron chi connectivity index (χ3n) is 6.88. The Bertz CT molecular complexity index is 1400. The lowest BCUT2D eigenvalue weighted by molar-refractivity contribution is -0.139. The van der Waals surface area contributed by atoms with E-state index < -0.39 is 17.7 Å². The summed E-state index contributed by atoms with van der Waals surface area (Å²) in [6.07, 6.45) is 0.664. The fraction of sp³-hybridized carbons (Fsp3) is 0.312. The number of rotatable bonds is 11. The first kappa shape index (κ1) is 28.7. The van der Waals surface area contributed by atoms with Crippen molar-refractivity contribution in [3.8, 4) is 17.2 Å². The van der Waals surface area contributed by atoms with Gasteiger partial charge in [-0.3, -0.25) is 9.59 Å². The van der Waals surface area contributed by atoms with Crippen LogP contribution >= 0.6 is 0 Å². The van der Waals surface area contributed by atoms with E-state index in [0.717, 1.165) is 17.7 Å². The van der Waals surface area contributed by atoms with Crippen molar-refractivity contribution in [2.24, 2.45) is 0 Å². The first-order chi connectivity index (χ1) is 19.2. The van der Waals surface area contributed by atoms with E-state index in [0.29, 0.717) is 47.9 Å². The van der Waals surface area contributed by atoms with Crippen LogP contribution < -0.4 is 14.2 Å². The molecule has 0 spiro atoms. The highest BCUT2D eigenvalue weighted by atomic mass is 16.5. The molecule has 1 heterocycles. The number of Topliss-reactive ketones (excluding diaryl/α,β-unsaturated/α-hetero) is 1. The van der Waals surface area contributed by atoms with Gasteiger partial charge in [0.05, 0.1) is 25.8 Å². The normalized spacial score (nSPS) is 16.4. The Balaban J connectivity index is 1.67. The van der Waals surface area contributed by atoms with E-state index >= 15 is 0 Å². The standard InChI is InChI=1S/C32H36N2O6/c1-21-8-6-9-22(18-21)20-40-25-13-10-23(11-14-25)30(35)28-29(24-12-15-26(38-4)27(19-24)39-5)34(32(37)31(28)36)17-7-16-33(2)3/h6,8-15,18-19,29,35H,7,16-17,20H2,1-5H3/t29-/m1/s1. The average Bonchev–Trinajstić information content (AvgIpc) is 3.20. The molecule has 3 aromatic carbocycles. The Labute approximate surface area is 235 Å². The Hall–Kier alpha value is -4.30. The predicted molar refractivity (Wildman–Crippen MR) is 154 cm³/mol. The number of amides is 1. The van der Waals surface area contributed by atoms with Gasteiger partial charge in [-0.15, -0.1) is 0 Å². The minimum absolute atomic E-state index is 0.0375. The Morgan fingerprint density at radius 3 is 2.33 bits per heavy atom. The lowest BCUT2D eigenvalue weighted by atomic mass is 9.95. The number of aliphatic hydroxyl groups is 1. The summed E-state index contributed by atoms with van der Waals surface area (Å²) in [6.45, 7) is 3.53. The number of aryl methyl sites for hydroxylation is 1. The second kappa shape index (κ2) is 12.7. The molecule has 4 rings (SSSR count). The first-order valence-corrected chi connectivity index (χ1v) is 13.2. The van der Waals surface area contributed by atoms with E-state index in [1.54, 1.807) is 49.6 Å². The SMILES string of the molecule is COc1ccc([C@@H]2C(=C(O)c3ccc(OCc4cccc(C)c4)cc3)C(=O)C(=O)N2CCCN(C)C)cc1OC. The number of carbonyl (C=O) groups is 2. The van der Waals surface area contributed by atoms with Crippen LogP contribution in [0.25, 0.3) is 5.76 Å². The van der Waals surface area contributed by atoms with Crippen molar-refractivity contribution >= 4 is 17.4 Å². The monoisotopic (exact) mass is 544 g/mol. The summed E-state index contributed by atoms with van der Waals surface area (Å²) in [5, 5.41) is 11.4. The molecule has 40 heavy (non-hydrogen) atoms. The van der Waals surface area contributed by atoms with Crippen LogP contribution in [0.1, 0.15) is 34.7 Å². The molecule has 1 amide bonds. The number of aliphatic hydroxyl groups excluding tert-OH is 1. The molecule has 0 unspecified atom stereocenters. The van der Waals surface area contributed by atoms with Crippen molar-refractivity contribution in [2.75, 3.05) is 41.4 Å². The molecule has 1 aliphatic heterocycles. The molecule has 210 valence electrons. The Morgan fingerprint density at radius 1 is 0.950 bits per heavy atom. The van der Waals surface area contributed by atoms with Crippen molar-refractivity contribution in [1.82, 2.24) is 9.80 Å². The van der Waals surface area contributed by atoms with Gasteiger partial charge < -0.3 is 29.1 Å². The van der Waals surface area contributed by atoms with Gasteiger partial charge in [-0.1, -0.05) is 35.9 Å².